The molecule has 3 nitrogen and oxygen atoms in total. The minimum Gasteiger partial charge on any atom is -0.397 e. The van der Waals surface area contributed by atoms with Gasteiger partial charge in [-0.3, -0.25) is 4.79 Å². The van der Waals surface area contributed by atoms with E-state index in [1.54, 1.807) is 54.6 Å². The molecule has 0 amide bonds. The Bertz CT molecular complexity index is 1220. The fourth-order valence-electron chi connectivity index (χ4n) is 3.00. The first-order valence-electron chi connectivity index (χ1n) is 8.41. The molecule has 2 aromatic carbocycles. The van der Waals surface area contributed by atoms with Crippen molar-refractivity contribution in [1.82, 2.24) is 4.98 Å². The Hall–Kier alpha value is -2.71. The van der Waals surface area contributed by atoms with Gasteiger partial charge in [0.2, 0.25) is 5.78 Å². The number of carbonyl (C=O) groups excluding carboxylic acids is 1. The number of nitrogen functional groups attached to an aromatic ring is 1. The minimum atomic E-state index is -4.65. The quantitative estimate of drug-likeness (QED) is 0.340. The summed E-state index contributed by atoms with van der Waals surface area (Å²) in [6, 6.07) is 16.1. The van der Waals surface area contributed by atoms with E-state index < -0.39 is 17.5 Å². The number of rotatable bonds is 3. The number of alkyl halides is 3. The molecule has 0 atom stereocenters. The van der Waals surface area contributed by atoms with Crippen molar-refractivity contribution in [3.8, 4) is 11.3 Å². The highest BCUT2D eigenvalue weighted by molar-refractivity contribution is 9.10. The normalized spacial score (nSPS) is 11.7. The third-order valence-corrected chi connectivity index (χ3v) is 6.01. The number of hydrogen-bond acceptors (Lipinski definition) is 4. The van der Waals surface area contributed by atoms with E-state index in [-0.39, 0.29) is 26.5 Å². The van der Waals surface area contributed by atoms with E-state index in [4.69, 9.17) is 5.73 Å². The highest BCUT2D eigenvalue weighted by Crippen LogP contribution is 2.44. The molecule has 0 aliphatic carbocycles. The van der Waals surface area contributed by atoms with Crippen LogP contribution in [-0.2, 0) is 6.18 Å². The molecule has 0 radical (unpaired) electrons. The average molecular weight is 477 g/mol. The van der Waals surface area contributed by atoms with Gasteiger partial charge in [0.1, 0.15) is 9.71 Å². The lowest BCUT2D eigenvalue weighted by Gasteiger charge is -2.11. The van der Waals surface area contributed by atoms with E-state index in [1.807, 2.05) is 0 Å². The summed E-state index contributed by atoms with van der Waals surface area (Å²) in [5.41, 5.74) is 5.98. The Labute approximate surface area is 176 Å². The third-order valence-electron chi connectivity index (χ3n) is 4.39. The second-order valence-corrected chi connectivity index (χ2v) is 8.19. The average Bonchev–Trinajstić information content (AvgIpc) is 3.03. The number of hydrogen-bond donors (Lipinski definition) is 1. The Morgan fingerprint density at radius 3 is 2.31 bits per heavy atom. The van der Waals surface area contributed by atoms with Crippen LogP contribution in [0.15, 0.2) is 65.1 Å². The largest absolute Gasteiger partial charge is 0.417 e. The first kappa shape index (κ1) is 19.6. The Balaban J connectivity index is 1.95. The summed E-state index contributed by atoms with van der Waals surface area (Å²) in [6.45, 7) is 0. The van der Waals surface area contributed by atoms with Crippen LogP contribution in [0.4, 0.5) is 18.9 Å². The van der Waals surface area contributed by atoms with Gasteiger partial charge in [-0.25, -0.2) is 4.98 Å². The number of pyridine rings is 1. The molecule has 0 bridgehead atoms. The molecule has 2 N–H and O–H groups in total. The maximum absolute atomic E-state index is 13.8. The van der Waals surface area contributed by atoms with Crippen molar-refractivity contribution in [1.29, 1.82) is 0 Å². The molecule has 0 unspecified atom stereocenters. The third kappa shape index (κ3) is 3.65. The highest BCUT2D eigenvalue weighted by atomic mass is 79.9. The van der Waals surface area contributed by atoms with Crippen LogP contribution in [0.5, 0.6) is 0 Å². The summed E-state index contributed by atoms with van der Waals surface area (Å²) < 4.78 is 42.3. The topological polar surface area (TPSA) is 56.0 Å². The van der Waals surface area contributed by atoms with Crippen LogP contribution in [0.1, 0.15) is 20.8 Å². The predicted molar refractivity (Wildman–Crippen MR) is 112 cm³/mol. The molecule has 8 heteroatoms. The van der Waals surface area contributed by atoms with Gasteiger partial charge in [0, 0.05) is 21.0 Å². The maximum atomic E-state index is 13.8. The van der Waals surface area contributed by atoms with Crippen molar-refractivity contribution < 1.29 is 18.0 Å². The standard InChI is InChI=1S/C21H12BrF3N2OS/c22-13-8-6-11(7-9-13)15-10-14(21(23,24)25)16-17(26)19(29-20(16)27-15)18(28)12-4-2-1-3-5-12/h1-10H,26H2. The number of benzene rings is 2. The molecule has 146 valence electrons. The number of thiophene rings is 1. The smallest absolute Gasteiger partial charge is 0.397 e. The number of nitrogens with zero attached hydrogens (tertiary/aromatic N) is 1. The number of anilines is 1. The van der Waals surface area contributed by atoms with Gasteiger partial charge in [-0.2, -0.15) is 13.2 Å². The predicted octanol–water partition coefficient (Wildman–Crippen LogP) is 6.56. The summed E-state index contributed by atoms with van der Waals surface area (Å²) in [5.74, 6) is -0.426. The molecule has 0 spiro atoms. The van der Waals surface area contributed by atoms with Crippen LogP contribution in [0, 0.1) is 0 Å². The van der Waals surface area contributed by atoms with Crippen LogP contribution in [-0.4, -0.2) is 10.8 Å². The van der Waals surface area contributed by atoms with Crippen molar-refractivity contribution >= 4 is 49.0 Å². The molecule has 0 fully saturated rings. The lowest BCUT2D eigenvalue weighted by Crippen LogP contribution is -2.08. The van der Waals surface area contributed by atoms with E-state index in [0.29, 0.717) is 11.1 Å². The number of halogens is 4. The minimum absolute atomic E-state index is 0.0529. The SMILES string of the molecule is Nc1c(C(=O)c2ccccc2)sc2nc(-c3ccc(Br)cc3)cc(C(F)(F)F)c12. The van der Waals surface area contributed by atoms with Gasteiger partial charge < -0.3 is 5.73 Å². The fraction of sp³-hybridized carbons (Fsp3) is 0.0476. The molecular weight excluding hydrogens is 465 g/mol. The summed E-state index contributed by atoms with van der Waals surface area (Å²) in [4.78, 5) is 17.3. The first-order valence-corrected chi connectivity index (χ1v) is 10.0. The van der Waals surface area contributed by atoms with Crippen molar-refractivity contribution in [2.24, 2.45) is 0 Å². The van der Waals surface area contributed by atoms with E-state index in [9.17, 15) is 18.0 Å². The van der Waals surface area contributed by atoms with Crippen LogP contribution >= 0.6 is 27.3 Å². The van der Waals surface area contributed by atoms with Crippen LogP contribution < -0.4 is 5.73 Å². The number of carbonyl (C=O) groups is 1. The van der Waals surface area contributed by atoms with Gasteiger partial charge >= 0.3 is 6.18 Å². The summed E-state index contributed by atoms with van der Waals surface area (Å²) in [7, 11) is 0. The second-order valence-electron chi connectivity index (χ2n) is 6.28. The Kier molecular flexibility index (Phi) is 4.92. The molecule has 2 heterocycles. The van der Waals surface area contributed by atoms with Gasteiger partial charge in [0.15, 0.2) is 0 Å². The summed E-state index contributed by atoms with van der Waals surface area (Å²) in [5, 5.41) is -0.234. The molecule has 29 heavy (non-hydrogen) atoms. The Morgan fingerprint density at radius 2 is 1.69 bits per heavy atom. The van der Waals surface area contributed by atoms with E-state index >= 15 is 0 Å². The zero-order valence-electron chi connectivity index (χ0n) is 14.6. The number of nitrogens with two attached hydrogens (primary N) is 1. The number of aromatic nitrogens is 1. The van der Waals surface area contributed by atoms with Crippen molar-refractivity contribution in [2.45, 2.75) is 6.18 Å². The lowest BCUT2D eigenvalue weighted by atomic mass is 10.0. The van der Waals surface area contributed by atoms with Crippen molar-refractivity contribution in [3.63, 3.8) is 0 Å². The van der Waals surface area contributed by atoms with E-state index in [1.165, 1.54) is 0 Å². The molecular formula is C21H12BrF3N2OS. The Morgan fingerprint density at radius 1 is 1.03 bits per heavy atom. The molecule has 4 aromatic rings. The van der Waals surface area contributed by atoms with E-state index in [0.717, 1.165) is 21.9 Å². The molecule has 2 aromatic heterocycles. The molecule has 0 aliphatic rings. The molecule has 0 saturated heterocycles. The van der Waals surface area contributed by atoms with Gasteiger partial charge in [0.25, 0.3) is 0 Å². The number of ketones is 1. The maximum Gasteiger partial charge on any atom is 0.417 e. The van der Waals surface area contributed by atoms with E-state index in [2.05, 4.69) is 20.9 Å². The van der Waals surface area contributed by atoms with Crippen molar-refractivity contribution in [3.05, 3.63) is 81.1 Å². The molecule has 0 saturated carbocycles. The monoisotopic (exact) mass is 476 g/mol. The first-order chi connectivity index (χ1) is 13.8. The number of fused-ring (bicyclic) bond motifs is 1. The van der Waals surface area contributed by atoms with Gasteiger partial charge in [-0.15, -0.1) is 11.3 Å². The zero-order valence-corrected chi connectivity index (χ0v) is 17.0. The molecule has 4 rings (SSSR count). The fourth-order valence-corrected chi connectivity index (χ4v) is 4.35. The van der Waals surface area contributed by atoms with Gasteiger partial charge in [-0.05, 0) is 18.2 Å². The van der Waals surface area contributed by atoms with Crippen LogP contribution in [0.2, 0.25) is 0 Å². The second kappa shape index (κ2) is 7.27. The lowest BCUT2D eigenvalue weighted by molar-refractivity contribution is -0.136. The van der Waals surface area contributed by atoms with Crippen LogP contribution in [0.25, 0.3) is 21.5 Å². The summed E-state index contributed by atoms with van der Waals surface area (Å²) >= 11 is 4.18. The highest BCUT2D eigenvalue weighted by Gasteiger charge is 2.36. The zero-order chi connectivity index (χ0) is 20.8. The van der Waals surface area contributed by atoms with Crippen LogP contribution in [0.3, 0.4) is 0 Å². The van der Waals surface area contributed by atoms with Gasteiger partial charge in [-0.1, -0.05) is 58.4 Å². The van der Waals surface area contributed by atoms with Crippen molar-refractivity contribution in [2.75, 3.05) is 5.73 Å². The summed E-state index contributed by atoms with van der Waals surface area (Å²) in [6.07, 6.45) is -4.65. The molecule has 0 aliphatic heterocycles. The van der Waals surface area contributed by atoms with Gasteiger partial charge in [0.05, 0.1) is 16.9 Å².